The summed E-state index contributed by atoms with van der Waals surface area (Å²) in [6.07, 6.45) is 13.9. The normalized spacial score (nSPS) is 14.4. The van der Waals surface area contributed by atoms with Crippen molar-refractivity contribution in [3.05, 3.63) is 60.6 Å². The Bertz CT molecular complexity index is 881. The molecule has 0 bridgehead atoms. The van der Waals surface area contributed by atoms with E-state index in [9.17, 15) is 4.79 Å². The van der Waals surface area contributed by atoms with Crippen LogP contribution in [0.5, 0.6) is 0 Å². The van der Waals surface area contributed by atoms with Crippen molar-refractivity contribution < 1.29 is 4.79 Å². The molecule has 3 aromatic rings. The molecule has 0 aromatic carbocycles. The summed E-state index contributed by atoms with van der Waals surface area (Å²) in [6, 6.07) is 6.04. The highest BCUT2D eigenvalue weighted by Gasteiger charge is 2.17. The van der Waals surface area contributed by atoms with Gasteiger partial charge < -0.3 is 10.6 Å². The number of hydrogen-bond donors (Lipinski definition) is 2. The molecule has 2 N–H and O–H groups in total. The number of urea groups is 1. The van der Waals surface area contributed by atoms with Crippen LogP contribution in [0.1, 0.15) is 43.0 Å². The molecule has 1 fully saturated rings. The van der Waals surface area contributed by atoms with E-state index in [-0.39, 0.29) is 6.03 Å². The van der Waals surface area contributed by atoms with E-state index in [0.717, 1.165) is 17.1 Å². The third-order valence-corrected chi connectivity index (χ3v) is 4.85. The number of pyridine rings is 1. The molecule has 140 valence electrons. The van der Waals surface area contributed by atoms with E-state index >= 15 is 0 Å². The Morgan fingerprint density at radius 2 is 1.96 bits per heavy atom. The summed E-state index contributed by atoms with van der Waals surface area (Å²) < 4.78 is 3.86. The van der Waals surface area contributed by atoms with Crippen molar-refractivity contribution in [2.75, 3.05) is 0 Å². The van der Waals surface area contributed by atoms with Gasteiger partial charge in [0.2, 0.25) is 0 Å². The van der Waals surface area contributed by atoms with Crippen molar-refractivity contribution in [3.63, 3.8) is 0 Å². The zero-order valence-corrected chi connectivity index (χ0v) is 15.1. The van der Waals surface area contributed by atoms with Crippen LogP contribution in [0.25, 0.3) is 5.82 Å². The van der Waals surface area contributed by atoms with Crippen molar-refractivity contribution in [3.8, 4) is 5.82 Å². The molecule has 0 aliphatic heterocycles. The van der Waals surface area contributed by atoms with E-state index < -0.39 is 0 Å². The molecule has 3 aromatic heterocycles. The summed E-state index contributed by atoms with van der Waals surface area (Å²) in [5.41, 5.74) is 1.79. The molecule has 0 unspecified atom stereocenters. The lowest BCUT2D eigenvalue weighted by molar-refractivity contribution is 0.240. The zero-order valence-electron chi connectivity index (χ0n) is 15.1. The topological polar surface area (TPSA) is 89.7 Å². The predicted molar refractivity (Wildman–Crippen MR) is 100 cm³/mol. The lowest BCUT2D eigenvalue weighted by atomic mass is 10.2. The molecule has 0 atom stereocenters. The van der Waals surface area contributed by atoms with Crippen LogP contribution in [0.4, 0.5) is 4.79 Å². The number of carbonyl (C=O) groups is 1. The maximum Gasteiger partial charge on any atom is 0.315 e. The van der Waals surface area contributed by atoms with Crippen molar-refractivity contribution >= 4 is 6.03 Å². The molecule has 0 saturated heterocycles. The summed E-state index contributed by atoms with van der Waals surface area (Å²) in [7, 11) is 0. The Balaban J connectivity index is 1.29. The highest BCUT2D eigenvalue weighted by molar-refractivity contribution is 5.73. The smallest absolute Gasteiger partial charge is 0.315 e. The van der Waals surface area contributed by atoms with Gasteiger partial charge in [-0.1, -0.05) is 18.9 Å². The number of amides is 2. The number of aromatic nitrogens is 5. The van der Waals surface area contributed by atoms with Gasteiger partial charge in [0.15, 0.2) is 0 Å². The molecule has 1 saturated carbocycles. The SMILES string of the molecule is O=C(NCc1ccn(C2CCCC2)n1)NCc1cccnc1-n1ccnc1. The first-order chi connectivity index (χ1) is 13.3. The van der Waals surface area contributed by atoms with Gasteiger partial charge >= 0.3 is 6.03 Å². The van der Waals surface area contributed by atoms with Gasteiger partial charge in [-0.05, 0) is 25.0 Å². The zero-order chi connectivity index (χ0) is 18.5. The maximum atomic E-state index is 12.2. The number of hydrogen-bond acceptors (Lipinski definition) is 4. The highest BCUT2D eigenvalue weighted by Crippen LogP contribution is 2.28. The summed E-state index contributed by atoms with van der Waals surface area (Å²) >= 11 is 0. The molecule has 1 aliphatic rings. The largest absolute Gasteiger partial charge is 0.334 e. The molecule has 1 aliphatic carbocycles. The van der Waals surface area contributed by atoms with Gasteiger partial charge in [0.25, 0.3) is 0 Å². The van der Waals surface area contributed by atoms with Crippen molar-refractivity contribution in [1.82, 2.24) is 34.9 Å². The van der Waals surface area contributed by atoms with Gasteiger partial charge in [-0.3, -0.25) is 9.25 Å². The monoisotopic (exact) mass is 365 g/mol. The highest BCUT2D eigenvalue weighted by atomic mass is 16.2. The van der Waals surface area contributed by atoms with Gasteiger partial charge in [0.1, 0.15) is 12.1 Å². The van der Waals surface area contributed by atoms with E-state index in [1.807, 2.05) is 39.8 Å². The van der Waals surface area contributed by atoms with Crippen LogP contribution >= 0.6 is 0 Å². The first-order valence-electron chi connectivity index (χ1n) is 9.27. The first-order valence-corrected chi connectivity index (χ1v) is 9.27. The quantitative estimate of drug-likeness (QED) is 0.703. The van der Waals surface area contributed by atoms with E-state index in [2.05, 4.69) is 25.7 Å². The first kappa shape index (κ1) is 17.3. The Labute approximate surface area is 157 Å². The third-order valence-electron chi connectivity index (χ3n) is 4.85. The Morgan fingerprint density at radius 1 is 1.11 bits per heavy atom. The average molecular weight is 365 g/mol. The number of carbonyl (C=O) groups excluding carboxylic acids is 1. The predicted octanol–water partition coefficient (Wildman–Crippen LogP) is 2.58. The van der Waals surface area contributed by atoms with E-state index in [0.29, 0.717) is 19.1 Å². The second kappa shape index (κ2) is 8.03. The molecule has 4 rings (SSSR count). The lowest BCUT2D eigenvalue weighted by Crippen LogP contribution is -2.35. The van der Waals surface area contributed by atoms with Crippen LogP contribution in [0.2, 0.25) is 0 Å². The fraction of sp³-hybridized carbons (Fsp3) is 0.368. The van der Waals surface area contributed by atoms with Crippen LogP contribution in [0.15, 0.2) is 49.3 Å². The Hall–Kier alpha value is -3.16. The Morgan fingerprint density at radius 3 is 2.78 bits per heavy atom. The molecule has 8 heteroatoms. The van der Waals surface area contributed by atoms with E-state index in [1.54, 1.807) is 18.7 Å². The van der Waals surface area contributed by atoms with Gasteiger partial charge in [-0.15, -0.1) is 0 Å². The van der Waals surface area contributed by atoms with Gasteiger partial charge in [0, 0.05) is 36.9 Å². The molecule has 0 radical (unpaired) electrons. The molecular weight excluding hydrogens is 342 g/mol. The van der Waals surface area contributed by atoms with Crippen LogP contribution in [-0.2, 0) is 13.1 Å². The minimum absolute atomic E-state index is 0.231. The van der Waals surface area contributed by atoms with Crippen LogP contribution in [0, 0.1) is 0 Å². The van der Waals surface area contributed by atoms with Crippen LogP contribution in [0.3, 0.4) is 0 Å². The molecular formula is C19H23N7O. The Kier molecular flexibility index (Phi) is 5.13. The second-order valence-corrected chi connectivity index (χ2v) is 6.72. The molecule has 2 amide bonds. The lowest BCUT2D eigenvalue weighted by Gasteiger charge is -2.11. The van der Waals surface area contributed by atoms with Gasteiger partial charge in [0.05, 0.1) is 18.3 Å². The number of rotatable bonds is 6. The molecule has 3 heterocycles. The standard InChI is InChI=1S/C19H23N7O/c27-19(23-13-16-7-10-26(24-16)17-5-1-2-6-17)22-12-15-4-3-8-21-18(15)25-11-9-20-14-25/h3-4,7-11,14,17H,1-2,5-6,12-13H2,(H2,22,23,27). The van der Waals surface area contributed by atoms with Crippen LogP contribution in [-0.4, -0.2) is 30.3 Å². The third kappa shape index (κ3) is 4.16. The summed E-state index contributed by atoms with van der Waals surface area (Å²) in [4.78, 5) is 20.6. The van der Waals surface area contributed by atoms with Crippen molar-refractivity contribution in [1.29, 1.82) is 0 Å². The number of nitrogens with one attached hydrogen (secondary N) is 2. The fourth-order valence-corrected chi connectivity index (χ4v) is 3.44. The van der Waals surface area contributed by atoms with E-state index in [1.165, 1.54) is 25.7 Å². The average Bonchev–Trinajstić information content (AvgIpc) is 3.46. The molecule has 27 heavy (non-hydrogen) atoms. The summed E-state index contributed by atoms with van der Waals surface area (Å²) in [5.74, 6) is 0.755. The minimum Gasteiger partial charge on any atom is -0.334 e. The van der Waals surface area contributed by atoms with Crippen molar-refractivity contribution in [2.45, 2.75) is 44.8 Å². The summed E-state index contributed by atoms with van der Waals surface area (Å²) in [5, 5.41) is 10.3. The van der Waals surface area contributed by atoms with Crippen LogP contribution < -0.4 is 10.6 Å². The van der Waals surface area contributed by atoms with Gasteiger partial charge in [-0.2, -0.15) is 5.10 Å². The van der Waals surface area contributed by atoms with Crippen molar-refractivity contribution in [2.24, 2.45) is 0 Å². The fourth-order valence-electron chi connectivity index (χ4n) is 3.44. The number of imidazole rings is 1. The minimum atomic E-state index is -0.231. The van der Waals surface area contributed by atoms with Gasteiger partial charge in [-0.25, -0.2) is 14.8 Å². The van der Waals surface area contributed by atoms with E-state index in [4.69, 9.17) is 0 Å². The molecule has 0 spiro atoms. The summed E-state index contributed by atoms with van der Waals surface area (Å²) in [6.45, 7) is 0.788. The second-order valence-electron chi connectivity index (χ2n) is 6.72. The number of nitrogens with zero attached hydrogens (tertiary/aromatic N) is 5. The maximum absolute atomic E-state index is 12.2. The molecule has 8 nitrogen and oxygen atoms in total.